The van der Waals surface area contributed by atoms with Gasteiger partial charge in [0.1, 0.15) is 0 Å². The van der Waals surface area contributed by atoms with Crippen molar-refractivity contribution < 1.29 is 9.90 Å². The van der Waals surface area contributed by atoms with Crippen LogP contribution in [0.5, 0.6) is 0 Å². The molecule has 1 aliphatic heterocycles. The van der Waals surface area contributed by atoms with Crippen molar-refractivity contribution >= 4 is 18.3 Å². The number of β-amino-alcohol motifs (C(OH)–C–C–N with tert-alkyl or cyclic N) is 1. The van der Waals surface area contributed by atoms with Crippen molar-refractivity contribution in [1.29, 1.82) is 0 Å². The largest absolute Gasteiger partial charge is 0.395 e. The van der Waals surface area contributed by atoms with Gasteiger partial charge in [-0.1, -0.05) is 0 Å². The van der Waals surface area contributed by atoms with Gasteiger partial charge >= 0.3 is 0 Å². The summed E-state index contributed by atoms with van der Waals surface area (Å²) in [5.74, 6) is 1.25. The molecule has 0 radical (unpaired) electrons. The van der Waals surface area contributed by atoms with E-state index in [9.17, 15) is 4.79 Å². The van der Waals surface area contributed by atoms with Gasteiger partial charge in [0.05, 0.1) is 18.4 Å². The molecule has 1 aliphatic carbocycles. The van der Waals surface area contributed by atoms with Crippen LogP contribution in [0.1, 0.15) is 35.8 Å². The number of amides is 1. The van der Waals surface area contributed by atoms with Gasteiger partial charge in [0, 0.05) is 37.9 Å². The Morgan fingerprint density at radius 1 is 1.43 bits per heavy atom. The molecule has 2 fully saturated rings. The number of nitrogens with one attached hydrogen (secondary N) is 1. The zero-order chi connectivity index (χ0) is 15.7. The number of hydrogen-bond donors (Lipinski definition) is 2. The maximum absolute atomic E-state index is 12.6. The summed E-state index contributed by atoms with van der Waals surface area (Å²) in [4.78, 5) is 14.8. The molecule has 0 spiro atoms. The van der Waals surface area contributed by atoms with E-state index in [1.165, 1.54) is 12.8 Å². The van der Waals surface area contributed by atoms with Gasteiger partial charge in [0.25, 0.3) is 5.91 Å². The molecule has 130 valence electrons. The Balaban J connectivity index is 0.00000192. The second-order valence-corrected chi connectivity index (χ2v) is 6.52. The van der Waals surface area contributed by atoms with E-state index in [0.29, 0.717) is 18.0 Å². The van der Waals surface area contributed by atoms with Crippen LogP contribution in [0.4, 0.5) is 0 Å². The van der Waals surface area contributed by atoms with Crippen LogP contribution in [0.25, 0.3) is 0 Å². The van der Waals surface area contributed by atoms with Gasteiger partial charge < -0.3 is 10.4 Å². The van der Waals surface area contributed by atoms with Crippen LogP contribution in [-0.2, 0) is 6.54 Å². The number of hydrogen-bond acceptors (Lipinski definition) is 4. The van der Waals surface area contributed by atoms with Gasteiger partial charge in [-0.3, -0.25) is 14.4 Å². The Morgan fingerprint density at radius 2 is 2.17 bits per heavy atom. The first-order valence-corrected chi connectivity index (χ1v) is 8.30. The molecule has 1 saturated heterocycles. The van der Waals surface area contributed by atoms with Gasteiger partial charge in [-0.2, -0.15) is 5.10 Å². The fraction of sp³-hybridized carbons (Fsp3) is 0.750. The van der Waals surface area contributed by atoms with E-state index in [1.54, 1.807) is 6.20 Å². The van der Waals surface area contributed by atoms with Crippen molar-refractivity contribution in [3.05, 3.63) is 17.5 Å². The second kappa shape index (κ2) is 7.64. The van der Waals surface area contributed by atoms with E-state index in [2.05, 4.69) is 15.3 Å². The highest BCUT2D eigenvalue weighted by Crippen LogP contribution is 2.41. The molecule has 2 N–H and O–H groups in total. The zero-order valence-electron chi connectivity index (χ0n) is 13.9. The molecule has 2 heterocycles. The molecular weight excluding hydrogens is 316 g/mol. The molecule has 0 unspecified atom stereocenters. The van der Waals surface area contributed by atoms with Crippen LogP contribution < -0.4 is 5.32 Å². The number of carbonyl (C=O) groups is 1. The number of aliphatic hydroxyl groups is 1. The molecule has 1 amide bonds. The third-order valence-electron chi connectivity index (χ3n) is 5.05. The number of aliphatic hydroxyl groups excluding tert-OH is 1. The Bertz CT molecular complexity index is 544. The van der Waals surface area contributed by atoms with Crippen molar-refractivity contribution in [1.82, 2.24) is 20.0 Å². The Kier molecular flexibility index (Phi) is 6.06. The number of rotatable bonds is 6. The summed E-state index contributed by atoms with van der Waals surface area (Å²) in [5, 5.41) is 16.6. The van der Waals surface area contributed by atoms with E-state index in [-0.39, 0.29) is 31.0 Å². The van der Waals surface area contributed by atoms with Crippen molar-refractivity contribution in [3.63, 3.8) is 0 Å². The molecule has 2 atom stereocenters. The second-order valence-electron chi connectivity index (χ2n) is 6.52. The third-order valence-corrected chi connectivity index (χ3v) is 5.05. The fourth-order valence-electron chi connectivity index (χ4n) is 3.63. The lowest BCUT2D eigenvalue weighted by Gasteiger charge is -2.19. The van der Waals surface area contributed by atoms with Crippen LogP contribution >= 0.6 is 12.4 Å². The zero-order valence-corrected chi connectivity index (χ0v) is 14.7. The fourth-order valence-corrected chi connectivity index (χ4v) is 3.63. The lowest BCUT2D eigenvalue weighted by molar-refractivity contribution is 0.0927. The van der Waals surface area contributed by atoms with Crippen LogP contribution in [-0.4, -0.2) is 58.0 Å². The van der Waals surface area contributed by atoms with Gasteiger partial charge in [0.15, 0.2) is 0 Å². The van der Waals surface area contributed by atoms with Crippen LogP contribution in [0.3, 0.4) is 0 Å². The summed E-state index contributed by atoms with van der Waals surface area (Å²) in [5.41, 5.74) is 1.60. The quantitative estimate of drug-likeness (QED) is 0.811. The van der Waals surface area contributed by atoms with Crippen LogP contribution in [0.2, 0.25) is 0 Å². The maximum Gasteiger partial charge on any atom is 0.255 e. The average Bonchev–Trinajstić information content (AvgIpc) is 3.16. The number of halogens is 1. The van der Waals surface area contributed by atoms with Crippen molar-refractivity contribution in [2.75, 3.05) is 26.2 Å². The van der Waals surface area contributed by atoms with Gasteiger partial charge in [-0.25, -0.2) is 0 Å². The highest BCUT2D eigenvalue weighted by molar-refractivity contribution is 5.95. The van der Waals surface area contributed by atoms with Crippen molar-refractivity contribution in [2.45, 2.75) is 39.3 Å². The summed E-state index contributed by atoms with van der Waals surface area (Å²) in [7, 11) is 0. The first kappa shape index (κ1) is 18.2. The van der Waals surface area contributed by atoms with E-state index in [1.807, 2.05) is 18.5 Å². The number of carbonyl (C=O) groups excluding carboxylic acids is 1. The van der Waals surface area contributed by atoms with Crippen molar-refractivity contribution in [2.24, 2.45) is 11.8 Å². The van der Waals surface area contributed by atoms with E-state index < -0.39 is 0 Å². The SMILES string of the molecule is CCn1ncc(C(=O)N[C@H]2CN(CCO)C[C@@H]2C2CC2)c1C.Cl. The minimum absolute atomic E-state index is 0. The van der Waals surface area contributed by atoms with Gasteiger partial charge in [-0.15, -0.1) is 12.4 Å². The summed E-state index contributed by atoms with van der Waals surface area (Å²) in [6, 6.07) is 0.191. The normalized spacial score (nSPS) is 24.5. The third kappa shape index (κ3) is 3.87. The predicted octanol–water partition coefficient (Wildman–Crippen LogP) is 1.07. The summed E-state index contributed by atoms with van der Waals surface area (Å²) in [6.07, 6.45) is 4.22. The molecule has 1 aromatic heterocycles. The Hall–Kier alpha value is -1.11. The molecule has 0 bridgehead atoms. The first-order chi connectivity index (χ1) is 10.6. The molecule has 7 heteroatoms. The van der Waals surface area contributed by atoms with Crippen LogP contribution in [0.15, 0.2) is 6.20 Å². The molecular formula is C16H27ClN4O2. The van der Waals surface area contributed by atoms with E-state index in [0.717, 1.165) is 31.2 Å². The lowest BCUT2D eigenvalue weighted by Crippen LogP contribution is -2.41. The molecule has 1 aromatic rings. The highest BCUT2D eigenvalue weighted by atomic mass is 35.5. The molecule has 2 aliphatic rings. The summed E-state index contributed by atoms with van der Waals surface area (Å²) >= 11 is 0. The predicted molar refractivity (Wildman–Crippen MR) is 90.9 cm³/mol. The number of likely N-dealkylation sites (tertiary alicyclic amines) is 1. The molecule has 0 aromatic carbocycles. The summed E-state index contributed by atoms with van der Waals surface area (Å²) in [6.45, 7) is 7.45. The lowest BCUT2D eigenvalue weighted by atomic mass is 9.98. The monoisotopic (exact) mass is 342 g/mol. The average molecular weight is 343 g/mol. The first-order valence-electron chi connectivity index (χ1n) is 8.30. The van der Waals surface area contributed by atoms with Crippen molar-refractivity contribution in [3.8, 4) is 0 Å². The summed E-state index contributed by atoms with van der Waals surface area (Å²) < 4.78 is 1.85. The minimum Gasteiger partial charge on any atom is -0.395 e. The molecule has 1 saturated carbocycles. The standard InChI is InChI=1S/C16H26N4O2.ClH/c1-3-20-11(2)13(8-17-20)16(22)18-15-10-19(6-7-21)9-14(15)12-4-5-12;/h8,12,14-15,21H,3-7,9-10H2,1-2H3,(H,18,22);1H/t14-,15+;/m1./s1. The smallest absolute Gasteiger partial charge is 0.255 e. The Morgan fingerprint density at radius 3 is 2.74 bits per heavy atom. The number of nitrogens with zero attached hydrogens (tertiary/aromatic N) is 3. The number of aromatic nitrogens is 2. The maximum atomic E-state index is 12.6. The van der Waals surface area contributed by atoms with Gasteiger partial charge in [0.2, 0.25) is 0 Å². The topological polar surface area (TPSA) is 70.4 Å². The Labute approximate surface area is 143 Å². The highest BCUT2D eigenvalue weighted by Gasteiger charge is 2.42. The minimum atomic E-state index is -0.0151. The van der Waals surface area contributed by atoms with Gasteiger partial charge in [-0.05, 0) is 38.5 Å². The molecule has 3 rings (SSSR count). The number of aryl methyl sites for hydroxylation is 1. The van der Waals surface area contributed by atoms with E-state index in [4.69, 9.17) is 5.11 Å². The molecule has 6 nitrogen and oxygen atoms in total. The van der Waals surface area contributed by atoms with Crippen LogP contribution in [0, 0.1) is 18.8 Å². The molecule has 23 heavy (non-hydrogen) atoms. The van der Waals surface area contributed by atoms with E-state index >= 15 is 0 Å².